The molecule has 1 rings (SSSR count). The second kappa shape index (κ2) is 9.28. The Balaban J connectivity index is 1.89. The third-order valence-electron chi connectivity index (χ3n) is 2.66. The minimum Gasteiger partial charge on any atom is -0.311 e. The zero-order valence-electron chi connectivity index (χ0n) is 10.3. The van der Waals surface area contributed by atoms with E-state index in [1.807, 2.05) is 6.07 Å². The molecule has 3 heteroatoms. The average Bonchev–Trinajstić information content (AvgIpc) is 2.34. The number of nitrogens with one attached hydrogen (secondary N) is 1. The van der Waals surface area contributed by atoms with Gasteiger partial charge in [-0.3, -0.25) is 0 Å². The van der Waals surface area contributed by atoms with Gasteiger partial charge in [0.1, 0.15) is 6.33 Å². The van der Waals surface area contributed by atoms with E-state index in [4.69, 9.17) is 0 Å². The third kappa shape index (κ3) is 6.51. The second-order valence-electron chi connectivity index (χ2n) is 4.15. The molecular formula is C13H23N3. The Bertz CT molecular complexity index is 249. The smallest absolute Gasteiger partial charge is 0.115 e. The van der Waals surface area contributed by atoms with Gasteiger partial charge in [-0.15, -0.1) is 0 Å². The minimum atomic E-state index is 0.859. The van der Waals surface area contributed by atoms with Gasteiger partial charge in [0.05, 0.1) is 5.69 Å². The highest BCUT2D eigenvalue weighted by Crippen LogP contribution is 2.04. The summed E-state index contributed by atoms with van der Waals surface area (Å²) in [5.41, 5.74) is 1.07. The first-order chi connectivity index (χ1) is 7.93. The molecule has 0 saturated heterocycles. The molecule has 1 heterocycles. The molecule has 0 amide bonds. The molecular weight excluding hydrogens is 198 g/mol. The average molecular weight is 221 g/mol. The Hall–Kier alpha value is -0.960. The first-order valence-corrected chi connectivity index (χ1v) is 6.39. The molecule has 0 aliphatic rings. The highest BCUT2D eigenvalue weighted by atomic mass is 14.9. The lowest BCUT2D eigenvalue weighted by atomic mass is 10.1. The summed E-state index contributed by atoms with van der Waals surface area (Å²) in [6.45, 7) is 4.21. The van der Waals surface area contributed by atoms with Crippen molar-refractivity contribution in [2.75, 3.05) is 6.54 Å². The molecule has 0 atom stereocenters. The highest BCUT2D eigenvalue weighted by Gasteiger charge is 1.93. The van der Waals surface area contributed by atoms with Gasteiger partial charge >= 0.3 is 0 Å². The van der Waals surface area contributed by atoms with Crippen molar-refractivity contribution in [1.82, 2.24) is 15.3 Å². The number of hydrogen-bond donors (Lipinski definition) is 1. The maximum Gasteiger partial charge on any atom is 0.115 e. The number of hydrogen-bond acceptors (Lipinski definition) is 3. The maximum absolute atomic E-state index is 4.16. The molecule has 0 radical (unpaired) electrons. The molecule has 0 bridgehead atoms. The van der Waals surface area contributed by atoms with Crippen LogP contribution in [0.2, 0.25) is 0 Å². The zero-order valence-corrected chi connectivity index (χ0v) is 10.3. The lowest BCUT2D eigenvalue weighted by Gasteiger charge is -2.03. The molecule has 16 heavy (non-hydrogen) atoms. The van der Waals surface area contributed by atoms with Gasteiger partial charge in [0.25, 0.3) is 0 Å². The van der Waals surface area contributed by atoms with Gasteiger partial charge < -0.3 is 5.32 Å². The zero-order chi connectivity index (χ0) is 11.5. The number of rotatable bonds is 9. The summed E-state index contributed by atoms with van der Waals surface area (Å²) in [5, 5.41) is 3.40. The Kier molecular flexibility index (Phi) is 7.60. The Morgan fingerprint density at radius 2 is 1.94 bits per heavy atom. The van der Waals surface area contributed by atoms with Crippen molar-refractivity contribution in [2.24, 2.45) is 0 Å². The molecule has 1 aromatic heterocycles. The van der Waals surface area contributed by atoms with E-state index in [2.05, 4.69) is 22.2 Å². The van der Waals surface area contributed by atoms with Crippen LogP contribution in [0, 0.1) is 0 Å². The standard InChI is InChI=1S/C13H23N3/c1-2-3-4-5-6-7-9-14-11-13-8-10-15-12-16-13/h8,10,12,14H,2-7,9,11H2,1H3. The molecule has 0 aliphatic heterocycles. The van der Waals surface area contributed by atoms with Gasteiger partial charge in [0.15, 0.2) is 0 Å². The van der Waals surface area contributed by atoms with Crippen molar-refractivity contribution in [2.45, 2.75) is 52.0 Å². The van der Waals surface area contributed by atoms with E-state index in [-0.39, 0.29) is 0 Å². The monoisotopic (exact) mass is 221 g/mol. The number of aromatic nitrogens is 2. The predicted octanol–water partition coefficient (Wildman–Crippen LogP) is 2.93. The van der Waals surface area contributed by atoms with Gasteiger partial charge in [-0.05, 0) is 19.0 Å². The van der Waals surface area contributed by atoms with E-state index >= 15 is 0 Å². The van der Waals surface area contributed by atoms with Crippen LogP contribution in [-0.4, -0.2) is 16.5 Å². The van der Waals surface area contributed by atoms with E-state index in [1.165, 1.54) is 38.5 Å². The summed E-state index contributed by atoms with van der Waals surface area (Å²) >= 11 is 0. The fourth-order valence-corrected chi connectivity index (χ4v) is 1.67. The molecule has 90 valence electrons. The second-order valence-corrected chi connectivity index (χ2v) is 4.15. The van der Waals surface area contributed by atoms with Crippen molar-refractivity contribution in [3.8, 4) is 0 Å². The molecule has 1 aromatic rings. The van der Waals surface area contributed by atoms with Crippen LogP contribution in [0.1, 0.15) is 51.1 Å². The van der Waals surface area contributed by atoms with Crippen molar-refractivity contribution in [3.05, 3.63) is 24.3 Å². The topological polar surface area (TPSA) is 37.8 Å². The summed E-state index contributed by atoms with van der Waals surface area (Å²) in [4.78, 5) is 8.06. The fourth-order valence-electron chi connectivity index (χ4n) is 1.67. The number of nitrogens with zero attached hydrogens (tertiary/aromatic N) is 2. The van der Waals surface area contributed by atoms with E-state index in [1.54, 1.807) is 12.5 Å². The quantitative estimate of drug-likeness (QED) is 0.651. The van der Waals surface area contributed by atoms with Gasteiger partial charge in [-0.1, -0.05) is 39.0 Å². The molecule has 0 spiro atoms. The summed E-state index contributed by atoms with van der Waals surface area (Å²) in [7, 11) is 0. The van der Waals surface area contributed by atoms with Crippen molar-refractivity contribution < 1.29 is 0 Å². The summed E-state index contributed by atoms with van der Waals surface area (Å²) in [6, 6.07) is 1.95. The molecule has 0 aliphatic carbocycles. The Labute approximate surface area is 98.7 Å². The van der Waals surface area contributed by atoms with E-state index < -0.39 is 0 Å². The SMILES string of the molecule is CCCCCCCCNCc1ccncn1. The fraction of sp³-hybridized carbons (Fsp3) is 0.692. The van der Waals surface area contributed by atoms with Crippen LogP contribution in [0.15, 0.2) is 18.6 Å². The van der Waals surface area contributed by atoms with Gasteiger partial charge in [0, 0.05) is 12.7 Å². The van der Waals surface area contributed by atoms with Gasteiger partial charge in [-0.2, -0.15) is 0 Å². The van der Waals surface area contributed by atoms with Crippen LogP contribution in [0.5, 0.6) is 0 Å². The predicted molar refractivity (Wildman–Crippen MR) is 67.1 cm³/mol. The van der Waals surface area contributed by atoms with Crippen LogP contribution < -0.4 is 5.32 Å². The molecule has 0 saturated carbocycles. The van der Waals surface area contributed by atoms with E-state index in [0.29, 0.717) is 0 Å². The van der Waals surface area contributed by atoms with Crippen LogP contribution in [0.25, 0.3) is 0 Å². The van der Waals surface area contributed by atoms with Crippen molar-refractivity contribution in [3.63, 3.8) is 0 Å². The molecule has 0 unspecified atom stereocenters. The summed E-state index contributed by atoms with van der Waals surface area (Å²) in [6.07, 6.45) is 11.5. The van der Waals surface area contributed by atoms with Crippen molar-refractivity contribution >= 4 is 0 Å². The molecule has 1 N–H and O–H groups in total. The Morgan fingerprint density at radius 3 is 2.69 bits per heavy atom. The summed E-state index contributed by atoms with van der Waals surface area (Å²) in [5.74, 6) is 0. The third-order valence-corrected chi connectivity index (χ3v) is 2.66. The molecule has 3 nitrogen and oxygen atoms in total. The lowest BCUT2D eigenvalue weighted by Crippen LogP contribution is -2.15. The lowest BCUT2D eigenvalue weighted by molar-refractivity contribution is 0.569. The summed E-state index contributed by atoms with van der Waals surface area (Å²) < 4.78 is 0. The normalized spacial score (nSPS) is 10.6. The van der Waals surface area contributed by atoms with Gasteiger partial charge in [-0.25, -0.2) is 9.97 Å². The first-order valence-electron chi connectivity index (χ1n) is 6.39. The maximum atomic E-state index is 4.16. The largest absolute Gasteiger partial charge is 0.311 e. The van der Waals surface area contributed by atoms with Crippen molar-refractivity contribution in [1.29, 1.82) is 0 Å². The van der Waals surface area contributed by atoms with Gasteiger partial charge in [0.2, 0.25) is 0 Å². The Morgan fingerprint density at radius 1 is 1.12 bits per heavy atom. The highest BCUT2D eigenvalue weighted by molar-refractivity contribution is 4.96. The van der Waals surface area contributed by atoms with Crippen LogP contribution in [0.4, 0.5) is 0 Å². The first kappa shape index (κ1) is 13.1. The van der Waals surface area contributed by atoms with Crippen LogP contribution in [0.3, 0.4) is 0 Å². The number of unbranched alkanes of at least 4 members (excludes halogenated alkanes) is 5. The van der Waals surface area contributed by atoms with E-state index in [0.717, 1.165) is 18.8 Å². The van der Waals surface area contributed by atoms with E-state index in [9.17, 15) is 0 Å². The van der Waals surface area contributed by atoms with Crippen LogP contribution >= 0.6 is 0 Å². The molecule has 0 fully saturated rings. The van der Waals surface area contributed by atoms with Crippen LogP contribution in [-0.2, 0) is 6.54 Å². The minimum absolute atomic E-state index is 0.859. The molecule has 0 aromatic carbocycles.